The van der Waals surface area contributed by atoms with E-state index in [1.54, 1.807) is 11.1 Å². The van der Waals surface area contributed by atoms with Crippen molar-refractivity contribution in [3.63, 3.8) is 0 Å². The molecule has 1 unspecified atom stereocenters. The number of carbonyl (C=O) groups excluding carboxylic acids is 2. The van der Waals surface area contributed by atoms with Gasteiger partial charge in [-0.25, -0.2) is 5.06 Å². The molecule has 1 fully saturated rings. The summed E-state index contributed by atoms with van der Waals surface area (Å²) >= 11 is 3.44. The van der Waals surface area contributed by atoms with E-state index in [0.29, 0.717) is 16.8 Å². The quantitative estimate of drug-likeness (QED) is 0.332. The van der Waals surface area contributed by atoms with Crippen LogP contribution >= 0.6 is 15.9 Å². The van der Waals surface area contributed by atoms with Crippen LogP contribution in [-0.2, 0) is 23.9 Å². The molecule has 0 amide bonds. The number of halogens is 1. The summed E-state index contributed by atoms with van der Waals surface area (Å²) in [6, 6.07) is 25.3. The first kappa shape index (κ1) is 23.7. The van der Waals surface area contributed by atoms with E-state index in [-0.39, 0.29) is 6.61 Å². The predicted molar refractivity (Wildman–Crippen MR) is 133 cm³/mol. The zero-order chi connectivity index (χ0) is 24.1. The van der Waals surface area contributed by atoms with Gasteiger partial charge in [0.25, 0.3) is 0 Å². The van der Waals surface area contributed by atoms with Gasteiger partial charge in [0, 0.05) is 4.47 Å². The van der Waals surface area contributed by atoms with Crippen molar-refractivity contribution in [1.29, 1.82) is 0 Å². The van der Waals surface area contributed by atoms with Crippen molar-refractivity contribution in [1.82, 2.24) is 0 Å². The number of hydrogen-bond acceptors (Lipinski definition) is 6. The van der Waals surface area contributed by atoms with E-state index in [0.717, 1.165) is 10.0 Å². The van der Waals surface area contributed by atoms with Crippen molar-refractivity contribution in [2.45, 2.75) is 6.04 Å². The van der Waals surface area contributed by atoms with Crippen LogP contribution < -0.4 is 5.06 Å². The van der Waals surface area contributed by atoms with Crippen LogP contribution in [0.1, 0.15) is 17.2 Å². The average molecular weight is 522 g/mol. The molecule has 0 aromatic heterocycles. The molecule has 0 saturated carbocycles. The minimum Gasteiger partial charge on any atom is -0.468 e. The molecule has 0 spiro atoms. The lowest BCUT2D eigenvalue weighted by atomic mass is 9.69. The number of hydroxylamine groups is 1. The minimum atomic E-state index is -1.81. The molecule has 174 valence electrons. The summed E-state index contributed by atoms with van der Waals surface area (Å²) in [4.78, 5) is 33.5. The van der Waals surface area contributed by atoms with Gasteiger partial charge in [0.05, 0.1) is 26.5 Å². The third-order valence-corrected chi connectivity index (χ3v) is 6.39. The Kier molecular flexibility index (Phi) is 7.14. The second-order valence-corrected chi connectivity index (χ2v) is 8.68. The second kappa shape index (κ2) is 10.2. The van der Waals surface area contributed by atoms with Crippen LogP contribution in [0.3, 0.4) is 0 Å². The molecule has 6 nitrogen and oxygen atoms in total. The predicted octanol–water partition coefficient (Wildman–Crippen LogP) is 5.36. The average Bonchev–Trinajstić information content (AvgIpc) is 2.89. The Bertz CT molecular complexity index is 1160. The maximum absolute atomic E-state index is 13.7. The van der Waals surface area contributed by atoms with E-state index in [2.05, 4.69) is 15.9 Å². The summed E-state index contributed by atoms with van der Waals surface area (Å²) in [6.45, 7) is -0.0154. The number of anilines is 1. The summed E-state index contributed by atoms with van der Waals surface area (Å²) in [6.07, 6.45) is 1.79. The van der Waals surface area contributed by atoms with E-state index in [4.69, 9.17) is 14.3 Å². The topological polar surface area (TPSA) is 65.1 Å². The fourth-order valence-electron chi connectivity index (χ4n) is 4.30. The lowest BCUT2D eigenvalue weighted by Crippen LogP contribution is -2.57. The highest BCUT2D eigenvalue weighted by atomic mass is 79.9. The zero-order valence-electron chi connectivity index (χ0n) is 18.8. The first-order chi connectivity index (χ1) is 16.5. The van der Waals surface area contributed by atoms with Gasteiger partial charge in [0.15, 0.2) is 0 Å². The molecule has 0 N–H and O–H groups in total. The third kappa shape index (κ3) is 4.24. The van der Waals surface area contributed by atoms with Gasteiger partial charge in [-0.3, -0.25) is 14.4 Å². The summed E-state index contributed by atoms with van der Waals surface area (Å²) in [5.74, 6) is -1.44. The number of para-hydroxylation sites is 1. The lowest BCUT2D eigenvalue weighted by molar-refractivity contribution is -0.173. The van der Waals surface area contributed by atoms with Gasteiger partial charge in [0.1, 0.15) is 6.04 Å². The van der Waals surface area contributed by atoms with Gasteiger partial charge in [-0.05, 0) is 41.0 Å². The van der Waals surface area contributed by atoms with Crippen LogP contribution in [0, 0.1) is 5.41 Å². The van der Waals surface area contributed by atoms with Crippen LogP contribution in [-0.4, -0.2) is 32.8 Å². The van der Waals surface area contributed by atoms with Gasteiger partial charge in [-0.1, -0.05) is 82.7 Å². The largest absolute Gasteiger partial charge is 0.468 e. The normalized spacial score (nSPS) is 18.4. The first-order valence-corrected chi connectivity index (χ1v) is 11.5. The molecule has 0 radical (unpaired) electrons. The Hall–Kier alpha value is -3.42. The van der Waals surface area contributed by atoms with Crippen molar-refractivity contribution in [3.8, 4) is 0 Å². The second-order valence-electron chi connectivity index (χ2n) is 7.76. The summed E-state index contributed by atoms with van der Waals surface area (Å²) in [5, 5.41) is 1.60. The molecule has 34 heavy (non-hydrogen) atoms. The number of benzene rings is 3. The first-order valence-electron chi connectivity index (χ1n) is 10.7. The summed E-state index contributed by atoms with van der Waals surface area (Å²) < 4.78 is 11.5. The monoisotopic (exact) mass is 521 g/mol. The molecule has 0 aliphatic carbocycles. The fourth-order valence-corrected chi connectivity index (χ4v) is 4.57. The van der Waals surface area contributed by atoms with Crippen LogP contribution in [0.25, 0.3) is 6.08 Å². The Labute approximate surface area is 206 Å². The van der Waals surface area contributed by atoms with E-state index in [1.807, 2.05) is 84.9 Å². The number of hydrogen-bond donors (Lipinski definition) is 0. The van der Waals surface area contributed by atoms with Crippen molar-refractivity contribution >= 4 is 39.6 Å². The highest BCUT2D eigenvalue weighted by Gasteiger charge is 2.62. The Morgan fingerprint density at radius 3 is 2.03 bits per heavy atom. The summed E-state index contributed by atoms with van der Waals surface area (Å²) in [7, 11) is 2.54. The van der Waals surface area contributed by atoms with E-state index in [9.17, 15) is 9.59 Å². The van der Waals surface area contributed by atoms with E-state index >= 15 is 0 Å². The van der Waals surface area contributed by atoms with Crippen molar-refractivity contribution in [3.05, 3.63) is 106 Å². The van der Waals surface area contributed by atoms with Crippen molar-refractivity contribution < 1.29 is 23.9 Å². The van der Waals surface area contributed by atoms with Crippen molar-refractivity contribution in [2.75, 3.05) is 25.9 Å². The number of carbonyl (C=O) groups is 2. The molecule has 0 bridgehead atoms. The maximum Gasteiger partial charge on any atom is 0.330 e. The summed E-state index contributed by atoms with van der Waals surface area (Å²) in [5.41, 5.74) is 0.819. The highest BCUT2D eigenvalue weighted by molar-refractivity contribution is 9.10. The maximum atomic E-state index is 13.7. The Balaban J connectivity index is 2.01. The van der Waals surface area contributed by atoms with Gasteiger partial charge < -0.3 is 9.47 Å². The van der Waals surface area contributed by atoms with Crippen LogP contribution in [0.5, 0.6) is 0 Å². The van der Waals surface area contributed by atoms with Crippen LogP contribution in [0.15, 0.2) is 95.0 Å². The number of nitrogens with zero attached hydrogens (tertiary/aromatic N) is 1. The van der Waals surface area contributed by atoms with Gasteiger partial charge in [-0.2, -0.15) is 0 Å². The van der Waals surface area contributed by atoms with Crippen molar-refractivity contribution in [2.24, 2.45) is 5.41 Å². The smallest absolute Gasteiger partial charge is 0.330 e. The van der Waals surface area contributed by atoms with Gasteiger partial charge >= 0.3 is 11.9 Å². The number of methoxy groups -OCH3 is 2. The van der Waals surface area contributed by atoms with Crippen LogP contribution in [0.2, 0.25) is 0 Å². The number of esters is 2. The van der Waals surface area contributed by atoms with E-state index < -0.39 is 23.4 Å². The van der Waals surface area contributed by atoms with Crippen LogP contribution in [0.4, 0.5) is 5.69 Å². The standard InChI is InChI=1S/C27H24BrNO5/c1-32-25(30)27(26(31)33-2)21(17-19-13-15-22(28)16-14-19)18-34-29(23-11-7-4-8-12-23)24(27)20-9-5-3-6-10-20/h3-17,24H,18H2,1-2H3/b21-17+. The molecule has 3 aromatic carbocycles. The Morgan fingerprint density at radius 1 is 0.912 bits per heavy atom. The molecule has 3 aromatic rings. The molecular formula is C27H24BrNO5. The molecule has 1 aliphatic rings. The molecule has 1 atom stereocenters. The van der Waals surface area contributed by atoms with Gasteiger partial charge in [0.2, 0.25) is 5.41 Å². The highest BCUT2D eigenvalue weighted by Crippen LogP contribution is 2.51. The Morgan fingerprint density at radius 2 is 1.47 bits per heavy atom. The van der Waals surface area contributed by atoms with E-state index in [1.165, 1.54) is 14.2 Å². The fraction of sp³-hybridized carbons (Fsp3) is 0.185. The zero-order valence-corrected chi connectivity index (χ0v) is 20.4. The number of ether oxygens (including phenoxy) is 2. The minimum absolute atomic E-state index is 0.0154. The third-order valence-electron chi connectivity index (χ3n) is 5.86. The lowest BCUT2D eigenvalue weighted by Gasteiger charge is -2.47. The molecular weight excluding hydrogens is 498 g/mol. The molecule has 1 saturated heterocycles. The molecule has 7 heteroatoms. The SMILES string of the molecule is COC(=O)C1(C(=O)OC)/C(=C/c2ccc(Br)cc2)CON(c2ccccc2)C1c1ccccc1. The number of rotatable bonds is 5. The molecule has 1 heterocycles. The van der Waals surface area contributed by atoms with Gasteiger partial charge in [-0.15, -0.1) is 0 Å². The molecule has 4 rings (SSSR count). The molecule has 1 aliphatic heterocycles.